The molecule has 3 aromatic rings. The minimum absolute atomic E-state index is 0.102. The van der Waals surface area contributed by atoms with Gasteiger partial charge >= 0.3 is 0 Å². The zero-order valence-electron chi connectivity index (χ0n) is 14.6. The standard InChI is InChI=1S/C18H22N6O/c1-13(2)25-18-16(5-4-10-19-18)11-20-14(3)15-6-8-17(9-7-15)24-12-21-22-23-24/h4-10,12-14,20H,11H2,1-3H3. The first kappa shape index (κ1) is 17.0. The van der Waals surface area contributed by atoms with Gasteiger partial charge in [0.25, 0.3) is 0 Å². The van der Waals surface area contributed by atoms with Crippen molar-refractivity contribution in [3.05, 3.63) is 60.0 Å². The lowest BCUT2D eigenvalue weighted by Gasteiger charge is -2.17. The number of tetrazole rings is 1. The Morgan fingerprint density at radius 1 is 1.12 bits per heavy atom. The second-order valence-corrected chi connectivity index (χ2v) is 6.08. The smallest absolute Gasteiger partial charge is 0.218 e. The molecule has 0 saturated heterocycles. The Labute approximate surface area is 147 Å². The maximum Gasteiger partial charge on any atom is 0.218 e. The van der Waals surface area contributed by atoms with E-state index in [-0.39, 0.29) is 12.1 Å². The number of rotatable bonds is 7. The predicted molar refractivity (Wildman–Crippen MR) is 94.4 cm³/mol. The van der Waals surface area contributed by atoms with Crippen molar-refractivity contribution in [1.29, 1.82) is 0 Å². The average Bonchev–Trinajstić information content (AvgIpc) is 3.15. The Morgan fingerprint density at radius 3 is 2.60 bits per heavy atom. The van der Waals surface area contributed by atoms with Gasteiger partial charge in [-0.05, 0) is 55.0 Å². The third kappa shape index (κ3) is 4.39. The van der Waals surface area contributed by atoms with Crippen molar-refractivity contribution in [2.24, 2.45) is 0 Å². The van der Waals surface area contributed by atoms with E-state index in [1.165, 1.54) is 5.56 Å². The molecule has 130 valence electrons. The molecule has 0 bridgehead atoms. The Kier molecular flexibility index (Phi) is 5.35. The summed E-state index contributed by atoms with van der Waals surface area (Å²) in [5.41, 5.74) is 3.17. The van der Waals surface area contributed by atoms with Gasteiger partial charge in [-0.3, -0.25) is 0 Å². The van der Waals surface area contributed by atoms with Crippen LogP contribution in [0, 0.1) is 0 Å². The fourth-order valence-corrected chi connectivity index (χ4v) is 2.46. The molecule has 1 aromatic carbocycles. The largest absolute Gasteiger partial charge is 0.475 e. The molecule has 0 fully saturated rings. The molecule has 0 spiro atoms. The van der Waals surface area contributed by atoms with E-state index in [0.717, 1.165) is 11.3 Å². The van der Waals surface area contributed by atoms with Crippen LogP contribution in [0.25, 0.3) is 5.69 Å². The molecule has 25 heavy (non-hydrogen) atoms. The lowest BCUT2D eigenvalue weighted by atomic mass is 10.1. The molecule has 0 amide bonds. The number of nitrogens with zero attached hydrogens (tertiary/aromatic N) is 5. The minimum atomic E-state index is 0.102. The van der Waals surface area contributed by atoms with Crippen LogP contribution < -0.4 is 10.1 Å². The first-order valence-corrected chi connectivity index (χ1v) is 8.30. The normalized spacial score (nSPS) is 12.3. The molecule has 0 aliphatic rings. The summed E-state index contributed by atoms with van der Waals surface area (Å²) in [6.07, 6.45) is 3.43. The van der Waals surface area contributed by atoms with E-state index >= 15 is 0 Å². The molecule has 0 radical (unpaired) electrons. The Bertz CT molecular complexity index is 786. The first-order chi connectivity index (χ1) is 12.1. The maximum atomic E-state index is 5.77. The number of hydrogen-bond donors (Lipinski definition) is 1. The van der Waals surface area contributed by atoms with E-state index in [4.69, 9.17) is 4.74 Å². The summed E-state index contributed by atoms with van der Waals surface area (Å²) in [5.74, 6) is 0.686. The molecule has 1 N–H and O–H groups in total. The zero-order valence-corrected chi connectivity index (χ0v) is 14.6. The van der Waals surface area contributed by atoms with Crippen molar-refractivity contribution >= 4 is 0 Å². The van der Waals surface area contributed by atoms with Gasteiger partial charge in [0.1, 0.15) is 6.33 Å². The Hall–Kier alpha value is -2.80. The zero-order chi connectivity index (χ0) is 17.6. The topological polar surface area (TPSA) is 77.8 Å². The SMILES string of the molecule is CC(C)Oc1ncccc1CNC(C)c1ccc(-n2cnnn2)cc1. The molecule has 2 heterocycles. The van der Waals surface area contributed by atoms with Crippen LogP contribution in [0.5, 0.6) is 5.88 Å². The van der Waals surface area contributed by atoms with Crippen molar-refractivity contribution in [1.82, 2.24) is 30.5 Å². The molecule has 1 unspecified atom stereocenters. The van der Waals surface area contributed by atoms with Gasteiger partial charge in [-0.2, -0.15) is 0 Å². The van der Waals surface area contributed by atoms with E-state index in [0.29, 0.717) is 12.4 Å². The van der Waals surface area contributed by atoms with Crippen LogP contribution in [0.2, 0.25) is 0 Å². The molecule has 0 aliphatic heterocycles. The van der Waals surface area contributed by atoms with E-state index in [2.05, 4.69) is 44.9 Å². The van der Waals surface area contributed by atoms with Crippen LogP contribution in [0.4, 0.5) is 0 Å². The van der Waals surface area contributed by atoms with Crippen LogP contribution in [0.1, 0.15) is 37.9 Å². The summed E-state index contributed by atoms with van der Waals surface area (Å²) < 4.78 is 7.40. The summed E-state index contributed by atoms with van der Waals surface area (Å²) in [6.45, 7) is 6.82. The molecule has 0 aliphatic carbocycles. The van der Waals surface area contributed by atoms with Gasteiger partial charge in [-0.1, -0.05) is 18.2 Å². The van der Waals surface area contributed by atoms with Gasteiger partial charge in [-0.15, -0.1) is 5.10 Å². The maximum absolute atomic E-state index is 5.77. The highest BCUT2D eigenvalue weighted by molar-refractivity contribution is 5.34. The molecule has 2 aromatic heterocycles. The summed E-state index contributed by atoms with van der Waals surface area (Å²) in [7, 11) is 0. The summed E-state index contributed by atoms with van der Waals surface area (Å²) >= 11 is 0. The van der Waals surface area contributed by atoms with E-state index < -0.39 is 0 Å². The number of nitrogens with one attached hydrogen (secondary N) is 1. The number of aromatic nitrogens is 5. The van der Waals surface area contributed by atoms with Crippen molar-refractivity contribution < 1.29 is 4.74 Å². The van der Waals surface area contributed by atoms with Crippen LogP contribution in [-0.4, -0.2) is 31.3 Å². The van der Waals surface area contributed by atoms with Crippen LogP contribution in [-0.2, 0) is 6.54 Å². The van der Waals surface area contributed by atoms with Crippen LogP contribution >= 0.6 is 0 Å². The van der Waals surface area contributed by atoms with Crippen molar-refractivity contribution in [3.8, 4) is 11.6 Å². The van der Waals surface area contributed by atoms with Gasteiger partial charge in [0, 0.05) is 24.3 Å². The monoisotopic (exact) mass is 338 g/mol. The van der Waals surface area contributed by atoms with Gasteiger partial charge in [0.05, 0.1) is 11.8 Å². The summed E-state index contributed by atoms with van der Waals surface area (Å²) in [4.78, 5) is 4.33. The highest BCUT2D eigenvalue weighted by Crippen LogP contribution is 2.19. The highest BCUT2D eigenvalue weighted by atomic mass is 16.5. The first-order valence-electron chi connectivity index (χ1n) is 8.30. The van der Waals surface area contributed by atoms with E-state index in [9.17, 15) is 0 Å². The minimum Gasteiger partial charge on any atom is -0.475 e. The highest BCUT2D eigenvalue weighted by Gasteiger charge is 2.10. The molecule has 7 heteroatoms. The Morgan fingerprint density at radius 2 is 1.92 bits per heavy atom. The van der Waals surface area contributed by atoms with Crippen LogP contribution in [0.15, 0.2) is 48.9 Å². The van der Waals surface area contributed by atoms with Gasteiger partial charge < -0.3 is 10.1 Å². The fraction of sp³-hybridized carbons (Fsp3) is 0.333. The van der Waals surface area contributed by atoms with Crippen molar-refractivity contribution in [2.75, 3.05) is 0 Å². The molecule has 0 saturated carbocycles. The lowest BCUT2D eigenvalue weighted by Crippen LogP contribution is -2.19. The van der Waals surface area contributed by atoms with Gasteiger partial charge in [0.2, 0.25) is 5.88 Å². The van der Waals surface area contributed by atoms with Crippen molar-refractivity contribution in [3.63, 3.8) is 0 Å². The van der Waals surface area contributed by atoms with Gasteiger partial charge in [0.15, 0.2) is 0 Å². The molecular formula is C18H22N6O. The number of ether oxygens (including phenoxy) is 1. The van der Waals surface area contributed by atoms with E-state index in [1.807, 2.05) is 38.1 Å². The number of pyridine rings is 1. The predicted octanol–water partition coefficient (Wildman–Crippen LogP) is 2.70. The van der Waals surface area contributed by atoms with Crippen LogP contribution in [0.3, 0.4) is 0 Å². The Balaban J connectivity index is 1.64. The number of hydrogen-bond acceptors (Lipinski definition) is 6. The molecule has 7 nitrogen and oxygen atoms in total. The third-order valence-electron chi connectivity index (χ3n) is 3.80. The second kappa shape index (κ2) is 7.85. The summed E-state index contributed by atoms with van der Waals surface area (Å²) in [6, 6.07) is 12.3. The summed E-state index contributed by atoms with van der Waals surface area (Å²) in [5, 5.41) is 14.7. The van der Waals surface area contributed by atoms with Gasteiger partial charge in [-0.25, -0.2) is 9.67 Å². The van der Waals surface area contributed by atoms with Crippen molar-refractivity contribution in [2.45, 2.75) is 39.5 Å². The lowest BCUT2D eigenvalue weighted by molar-refractivity contribution is 0.229. The fourth-order valence-electron chi connectivity index (χ4n) is 2.46. The van der Waals surface area contributed by atoms with E-state index in [1.54, 1.807) is 17.2 Å². The quantitative estimate of drug-likeness (QED) is 0.714. The second-order valence-electron chi connectivity index (χ2n) is 6.08. The molecular weight excluding hydrogens is 316 g/mol. The average molecular weight is 338 g/mol. The molecule has 1 atom stereocenters. The molecule has 3 rings (SSSR count). The number of benzene rings is 1. The third-order valence-corrected chi connectivity index (χ3v) is 3.80.